The third kappa shape index (κ3) is 2.96. The average Bonchev–Trinajstić information content (AvgIpc) is 2.98. The van der Waals surface area contributed by atoms with E-state index in [0.29, 0.717) is 5.92 Å². The number of ether oxygens (including phenoxy) is 1. The maximum Gasteiger partial charge on any atom is 0.0947 e. The number of rotatable bonds is 6. The van der Waals surface area contributed by atoms with E-state index in [4.69, 9.17) is 14.3 Å². The molecular formula is C17H23N3O2. The Bertz CT molecular complexity index is 616. The predicted octanol–water partition coefficient (Wildman–Crippen LogP) is 2.63. The molecule has 0 spiro atoms. The molecule has 2 aromatic rings. The smallest absolute Gasteiger partial charge is 0.0947 e. The van der Waals surface area contributed by atoms with Crippen molar-refractivity contribution in [2.45, 2.75) is 38.4 Å². The van der Waals surface area contributed by atoms with Crippen LogP contribution in [0.3, 0.4) is 0 Å². The first-order valence-electron chi connectivity index (χ1n) is 8.10. The van der Waals surface area contributed by atoms with Crippen molar-refractivity contribution < 1.29 is 9.15 Å². The van der Waals surface area contributed by atoms with Crippen LogP contribution >= 0.6 is 0 Å². The van der Waals surface area contributed by atoms with Gasteiger partial charge in [0.25, 0.3) is 0 Å². The summed E-state index contributed by atoms with van der Waals surface area (Å²) in [5, 5.41) is 4.84. The largest absolute Gasteiger partial charge is 0.472 e. The van der Waals surface area contributed by atoms with Crippen LogP contribution in [0.5, 0.6) is 0 Å². The minimum Gasteiger partial charge on any atom is -0.472 e. The molecule has 4 rings (SSSR count). The van der Waals surface area contributed by atoms with Crippen molar-refractivity contribution in [3.63, 3.8) is 0 Å². The van der Waals surface area contributed by atoms with Crippen LogP contribution in [-0.4, -0.2) is 34.9 Å². The highest BCUT2D eigenvalue weighted by molar-refractivity contribution is 5.26. The van der Waals surface area contributed by atoms with Gasteiger partial charge in [-0.05, 0) is 24.8 Å². The number of furan rings is 1. The molecule has 0 N–H and O–H groups in total. The van der Waals surface area contributed by atoms with Gasteiger partial charge in [-0.3, -0.25) is 9.58 Å². The fourth-order valence-electron chi connectivity index (χ4n) is 3.39. The van der Waals surface area contributed by atoms with Gasteiger partial charge in [-0.1, -0.05) is 0 Å². The van der Waals surface area contributed by atoms with E-state index in [9.17, 15) is 0 Å². The van der Waals surface area contributed by atoms with E-state index in [2.05, 4.69) is 15.8 Å². The summed E-state index contributed by atoms with van der Waals surface area (Å²) >= 11 is 0. The molecule has 0 radical (unpaired) electrons. The van der Waals surface area contributed by atoms with Gasteiger partial charge in [-0.15, -0.1) is 0 Å². The molecule has 0 aromatic carbocycles. The zero-order valence-corrected chi connectivity index (χ0v) is 13.1. The molecular weight excluding hydrogens is 278 g/mol. The maximum absolute atomic E-state index is 5.44. The topological polar surface area (TPSA) is 43.4 Å². The van der Waals surface area contributed by atoms with Crippen LogP contribution in [0.4, 0.5) is 0 Å². The molecule has 1 saturated carbocycles. The molecule has 2 aliphatic rings. The van der Waals surface area contributed by atoms with Crippen LogP contribution in [0.1, 0.15) is 35.6 Å². The first kappa shape index (κ1) is 14.0. The van der Waals surface area contributed by atoms with E-state index in [1.54, 1.807) is 13.4 Å². The number of nitrogens with zero attached hydrogens (tertiary/aromatic N) is 3. The van der Waals surface area contributed by atoms with Gasteiger partial charge in [0.15, 0.2) is 0 Å². The zero-order chi connectivity index (χ0) is 14.9. The van der Waals surface area contributed by atoms with Crippen LogP contribution in [-0.2, 0) is 24.4 Å². The van der Waals surface area contributed by atoms with E-state index in [1.165, 1.54) is 29.7 Å². The Hall–Kier alpha value is -1.59. The Morgan fingerprint density at radius 2 is 2.32 bits per heavy atom. The van der Waals surface area contributed by atoms with Gasteiger partial charge >= 0.3 is 0 Å². The first-order chi connectivity index (χ1) is 10.8. The summed E-state index contributed by atoms with van der Waals surface area (Å²) in [6, 6.07) is 2.03. The highest BCUT2D eigenvalue weighted by Gasteiger charge is 2.30. The second-order valence-electron chi connectivity index (χ2n) is 6.65. The Morgan fingerprint density at radius 1 is 1.41 bits per heavy atom. The number of hydrogen-bond donors (Lipinski definition) is 0. The van der Waals surface area contributed by atoms with Crippen molar-refractivity contribution in [3.05, 3.63) is 41.6 Å². The van der Waals surface area contributed by atoms with Gasteiger partial charge in [-0.25, -0.2) is 0 Å². The lowest BCUT2D eigenvalue weighted by molar-refractivity contribution is 0.135. The number of methoxy groups -OCH3 is 1. The summed E-state index contributed by atoms with van der Waals surface area (Å²) < 4.78 is 12.8. The molecule has 1 aliphatic heterocycles. The summed E-state index contributed by atoms with van der Waals surface area (Å²) in [6.45, 7) is 4.67. The second-order valence-corrected chi connectivity index (χ2v) is 6.65. The van der Waals surface area contributed by atoms with Crippen LogP contribution in [0.15, 0.2) is 29.2 Å². The Morgan fingerprint density at radius 3 is 3.05 bits per heavy atom. The molecule has 22 heavy (non-hydrogen) atoms. The first-order valence-corrected chi connectivity index (χ1v) is 8.10. The van der Waals surface area contributed by atoms with Crippen LogP contribution in [0.2, 0.25) is 0 Å². The van der Waals surface area contributed by atoms with E-state index in [0.717, 1.165) is 38.7 Å². The lowest BCUT2D eigenvalue weighted by Crippen LogP contribution is -2.34. The van der Waals surface area contributed by atoms with Crippen molar-refractivity contribution in [3.8, 4) is 0 Å². The van der Waals surface area contributed by atoms with Crippen LogP contribution in [0, 0.1) is 5.92 Å². The molecule has 5 heteroatoms. The van der Waals surface area contributed by atoms with Crippen LogP contribution < -0.4 is 0 Å². The highest BCUT2D eigenvalue weighted by atomic mass is 16.5. The number of aromatic nitrogens is 2. The Balaban J connectivity index is 1.53. The Labute approximate surface area is 130 Å². The summed E-state index contributed by atoms with van der Waals surface area (Å²) in [7, 11) is 1.78. The predicted molar refractivity (Wildman–Crippen MR) is 82.4 cm³/mol. The van der Waals surface area contributed by atoms with E-state index >= 15 is 0 Å². The van der Waals surface area contributed by atoms with Gasteiger partial charge < -0.3 is 9.15 Å². The lowest BCUT2D eigenvalue weighted by Gasteiger charge is -2.31. The van der Waals surface area contributed by atoms with Crippen molar-refractivity contribution in [1.82, 2.24) is 14.7 Å². The van der Waals surface area contributed by atoms with E-state index in [1.807, 2.05) is 12.3 Å². The third-order valence-electron chi connectivity index (χ3n) is 4.66. The third-order valence-corrected chi connectivity index (χ3v) is 4.66. The summed E-state index contributed by atoms with van der Waals surface area (Å²) in [4.78, 5) is 2.44. The summed E-state index contributed by atoms with van der Waals surface area (Å²) in [5.41, 5.74) is 3.82. The van der Waals surface area contributed by atoms with Gasteiger partial charge in [0.2, 0.25) is 0 Å². The Kier molecular flexibility index (Phi) is 3.76. The molecule has 1 fully saturated rings. The van der Waals surface area contributed by atoms with Crippen LogP contribution in [0.25, 0.3) is 0 Å². The summed E-state index contributed by atoms with van der Waals surface area (Å²) in [6.07, 6.45) is 8.54. The summed E-state index contributed by atoms with van der Waals surface area (Å²) in [5.74, 6) is 1.26. The van der Waals surface area contributed by atoms with Gasteiger partial charge in [0, 0.05) is 56.5 Å². The van der Waals surface area contributed by atoms with Crippen molar-refractivity contribution >= 4 is 0 Å². The van der Waals surface area contributed by atoms with Crippen molar-refractivity contribution in [1.29, 1.82) is 0 Å². The van der Waals surface area contributed by atoms with Gasteiger partial charge in [0.1, 0.15) is 0 Å². The van der Waals surface area contributed by atoms with E-state index < -0.39 is 0 Å². The quantitative estimate of drug-likeness (QED) is 0.822. The molecule has 1 atom stereocenters. The van der Waals surface area contributed by atoms with Gasteiger partial charge in [-0.2, -0.15) is 5.10 Å². The highest BCUT2D eigenvalue weighted by Crippen LogP contribution is 2.33. The minimum absolute atomic E-state index is 0.411. The monoisotopic (exact) mass is 301 g/mol. The molecule has 118 valence electrons. The molecule has 3 heterocycles. The molecule has 2 aromatic heterocycles. The second kappa shape index (κ2) is 5.89. The molecule has 5 nitrogen and oxygen atoms in total. The van der Waals surface area contributed by atoms with Crippen molar-refractivity contribution in [2.24, 2.45) is 5.92 Å². The normalized spacial score (nSPS) is 22.0. The molecule has 0 bridgehead atoms. The van der Waals surface area contributed by atoms with Crippen molar-refractivity contribution in [2.75, 3.05) is 20.3 Å². The lowest BCUT2D eigenvalue weighted by atomic mass is 9.95. The fraction of sp³-hybridized carbons (Fsp3) is 0.588. The number of hydrogen-bond acceptors (Lipinski definition) is 4. The number of fused-ring (bicyclic) bond motifs is 1. The molecule has 0 saturated heterocycles. The SMILES string of the molecule is COC[C@@H]1CN(Cc2ccoc2)Cc2nn(CC3CC3)cc21. The molecule has 0 amide bonds. The average molecular weight is 301 g/mol. The standard InChI is InChI=1S/C17H23N3O2/c1-21-12-15-8-19(6-14-4-5-22-11-14)10-17-16(15)9-20(18-17)7-13-2-3-13/h4-5,9,11,13,15H,2-3,6-8,10,12H2,1H3/t15-/m0/s1. The minimum atomic E-state index is 0.411. The van der Waals surface area contributed by atoms with Gasteiger partial charge in [0.05, 0.1) is 24.8 Å². The molecule has 1 aliphatic carbocycles. The molecule has 0 unspecified atom stereocenters. The fourth-order valence-corrected chi connectivity index (χ4v) is 3.39. The van der Waals surface area contributed by atoms with E-state index in [-0.39, 0.29) is 0 Å². The zero-order valence-electron chi connectivity index (χ0n) is 13.1. The maximum atomic E-state index is 5.44.